The number of nitrogens with zero attached hydrogens (tertiary/aromatic N) is 1. The highest BCUT2D eigenvalue weighted by Gasteiger charge is 2.35. The highest BCUT2D eigenvalue weighted by atomic mass is 32.2. The molecule has 0 unspecified atom stereocenters. The minimum atomic E-state index is -0.308. The van der Waals surface area contributed by atoms with Gasteiger partial charge in [-0.1, -0.05) is 24.3 Å². The molecule has 108 valence electrons. The maximum Gasteiger partial charge on any atom is 0.238 e. The molecule has 1 amide bonds. The third kappa shape index (κ3) is 2.38. The van der Waals surface area contributed by atoms with Gasteiger partial charge in [0.25, 0.3) is 0 Å². The van der Waals surface area contributed by atoms with Crippen molar-refractivity contribution in [2.45, 2.75) is 12.3 Å². The van der Waals surface area contributed by atoms with Crippen molar-refractivity contribution >= 4 is 29.0 Å². The van der Waals surface area contributed by atoms with E-state index in [2.05, 4.69) is 0 Å². The van der Waals surface area contributed by atoms with Crippen LogP contribution in [0.4, 0.5) is 15.8 Å². The zero-order valence-electron chi connectivity index (χ0n) is 11.5. The zero-order valence-corrected chi connectivity index (χ0v) is 12.4. The number of nitrogens with two attached hydrogens (primary N) is 1. The van der Waals surface area contributed by atoms with Gasteiger partial charge in [0.1, 0.15) is 11.2 Å². The SMILES string of the molecule is Cc1c(F)cccc1N1C(=O)CS[C@H]1c1ccccc1N. The Kier molecular flexibility index (Phi) is 3.59. The van der Waals surface area contributed by atoms with Crippen LogP contribution in [0.5, 0.6) is 0 Å². The molecule has 2 aromatic carbocycles. The molecule has 0 aliphatic carbocycles. The fourth-order valence-corrected chi connectivity index (χ4v) is 3.72. The van der Waals surface area contributed by atoms with Gasteiger partial charge in [-0.15, -0.1) is 11.8 Å². The van der Waals surface area contributed by atoms with Crippen molar-refractivity contribution in [2.75, 3.05) is 16.4 Å². The molecule has 2 aromatic rings. The van der Waals surface area contributed by atoms with Crippen LogP contribution in [-0.4, -0.2) is 11.7 Å². The van der Waals surface area contributed by atoms with Crippen molar-refractivity contribution in [3.8, 4) is 0 Å². The Morgan fingerprint density at radius 1 is 1.24 bits per heavy atom. The van der Waals surface area contributed by atoms with E-state index < -0.39 is 0 Å². The predicted molar refractivity (Wildman–Crippen MR) is 84.7 cm³/mol. The summed E-state index contributed by atoms with van der Waals surface area (Å²) < 4.78 is 13.8. The Morgan fingerprint density at radius 2 is 2.00 bits per heavy atom. The monoisotopic (exact) mass is 302 g/mol. The number of nitrogen functional groups attached to an aromatic ring is 1. The number of carbonyl (C=O) groups excluding carboxylic acids is 1. The molecule has 0 bridgehead atoms. The lowest BCUT2D eigenvalue weighted by Gasteiger charge is -2.26. The van der Waals surface area contributed by atoms with Gasteiger partial charge in [0.05, 0.1) is 11.4 Å². The van der Waals surface area contributed by atoms with Gasteiger partial charge in [-0.25, -0.2) is 4.39 Å². The average Bonchev–Trinajstić information content (AvgIpc) is 2.84. The molecule has 3 nitrogen and oxygen atoms in total. The van der Waals surface area contributed by atoms with Crippen LogP contribution in [-0.2, 0) is 4.79 Å². The van der Waals surface area contributed by atoms with Crippen molar-refractivity contribution in [1.29, 1.82) is 0 Å². The molecule has 5 heteroatoms. The molecule has 1 fully saturated rings. The van der Waals surface area contributed by atoms with Gasteiger partial charge in [-0.05, 0) is 25.1 Å². The van der Waals surface area contributed by atoms with E-state index >= 15 is 0 Å². The van der Waals surface area contributed by atoms with Gasteiger partial charge in [-0.2, -0.15) is 0 Å². The smallest absolute Gasteiger partial charge is 0.238 e. The number of carbonyl (C=O) groups is 1. The van der Waals surface area contributed by atoms with Crippen LogP contribution in [0.15, 0.2) is 42.5 Å². The molecular formula is C16H15FN2OS. The quantitative estimate of drug-likeness (QED) is 0.864. The molecule has 1 heterocycles. The van der Waals surface area contributed by atoms with Crippen molar-refractivity contribution in [3.05, 3.63) is 59.4 Å². The fourth-order valence-electron chi connectivity index (χ4n) is 2.51. The molecule has 21 heavy (non-hydrogen) atoms. The lowest BCUT2D eigenvalue weighted by Crippen LogP contribution is -2.29. The van der Waals surface area contributed by atoms with Gasteiger partial charge in [0, 0.05) is 16.8 Å². The molecule has 3 rings (SSSR count). The van der Waals surface area contributed by atoms with Crippen LogP contribution in [0, 0.1) is 12.7 Å². The first-order valence-corrected chi connectivity index (χ1v) is 7.67. The van der Waals surface area contributed by atoms with E-state index in [0.717, 1.165) is 5.56 Å². The summed E-state index contributed by atoms with van der Waals surface area (Å²) in [7, 11) is 0. The summed E-state index contributed by atoms with van der Waals surface area (Å²) in [4.78, 5) is 13.9. The first kappa shape index (κ1) is 13.9. The summed E-state index contributed by atoms with van der Waals surface area (Å²) in [6.07, 6.45) is 0. The second-order valence-corrected chi connectivity index (χ2v) is 6.01. The number of para-hydroxylation sites is 1. The molecule has 1 aliphatic heterocycles. The Balaban J connectivity index is 2.09. The van der Waals surface area contributed by atoms with E-state index in [1.165, 1.54) is 17.8 Å². The Bertz CT molecular complexity index is 704. The molecule has 0 spiro atoms. The summed E-state index contributed by atoms with van der Waals surface area (Å²) >= 11 is 1.51. The van der Waals surface area contributed by atoms with E-state index in [-0.39, 0.29) is 17.1 Å². The van der Waals surface area contributed by atoms with E-state index in [9.17, 15) is 9.18 Å². The Labute approximate surface area is 126 Å². The summed E-state index contributed by atoms with van der Waals surface area (Å²) in [6.45, 7) is 1.69. The number of anilines is 2. The molecule has 1 atom stereocenters. The number of rotatable bonds is 2. The maximum absolute atomic E-state index is 13.8. The first-order valence-electron chi connectivity index (χ1n) is 6.63. The van der Waals surface area contributed by atoms with E-state index in [1.807, 2.05) is 24.3 Å². The lowest BCUT2D eigenvalue weighted by atomic mass is 10.1. The van der Waals surface area contributed by atoms with Crippen molar-refractivity contribution in [1.82, 2.24) is 0 Å². The number of hydrogen-bond acceptors (Lipinski definition) is 3. The van der Waals surface area contributed by atoms with Gasteiger partial charge in [0.15, 0.2) is 0 Å². The van der Waals surface area contributed by atoms with Crippen LogP contribution in [0.25, 0.3) is 0 Å². The second kappa shape index (κ2) is 5.41. The van der Waals surface area contributed by atoms with Gasteiger partial charge in [0.2, 0.25) is 5.91 Å². The minimum absolute atomic E-state index is 0.0260. The largest absolute Gasteiger partial charge is 0.398 e. The van der Waals surface area contributed by atoms with E-state index in [4.69, 9.17) is 5.73 Å². The number of halogens is 1. The standard InChI is InChI=1S/C16H15FN2OS/c1-10-12(17)6-4-8-14(10)19-15(20)9-21-16(19)11-5-2-3-7-13(11)18/h2-8,16H,9,18H2,1H3/t16-/m0/s1. The predicted octanol–water partition coefficient (Wildman–Crippen LogP) is 3.49. The number of thioether (sulfide) groups is 1. The van der Waals surface area contributed by atoms with Crippen LogP contribution >= 0.6 is 11.8 Å². The van der Waals surface area contributed by atoms with Gasteiger partial charge in [-0.3, -0.25) is 9.69 Å². The first-order chi connectivity index (χ1) is 10.1. The van der Waals surface area contributed by atoms with E-state index in [1.54, 1.807) is 24.0 Å². The fraction of sp³-hybridized carbons (Fsp3) is 0.188. The highest BCUT2D eigenvalue weighted by Crippen LogP contribution is 2.44. The zero-order chi connectivity index (χ0) is 15.0. The van der Waals surface area contributed by atoms with E-state index in [0.29, 0.717) is 22.7 Å². The number of benzene rings is 2. The van der Waals surface area contributed by atoms with Gasteiger partial charge < -0.3 is 5.73 Å². The molecule has 0 radical (unpaired) electrons. The highest BCUT2D eigenvalue weighted by molar-refractivity contribution is 8.00. The summed E-state index contributed by atoms with van der Waals surface area (Å²) in [5.41, 5.74) is 8.65. The molecule has 0 saturated carbocycles. The molecule has 2 N–H and O–H groups in total. The third-order valence-corrected chi connectivity index (χ3v) is 4.82. The molecule has 1 saturated heterocycles. The lowest BCUT2D eigenvalue weighted by molar-refractivity contribution is -0.115. The maximum atomic E-state index is 13.8. The van der Waals surface area contributed by atoms with Crippen molar-refractivity contribution in [3.63, 3.8) is 0 Å². The van der Waals surface area contributed by atoms with Crippen molar-refractivity contribution < 1.29 is 9.18 Å². The van der Waals surface area contributed by atoms with Crippen LogP contribution < -0.4 is 10.6 Å². The van der Waals surface area contributed by atoms with Crippen LogP contribution in [0.3, 0.4) is 0 Å². The van der Waals surface area contributed by atoms with Gasteiger partial charge >= 0.3 is 0 Å². The Hall–Kier alpha value is -2.01. The van der Waals surface area contributed by atoms with Crippen LogP contribution in [0.2, 0.25) is 0 Å². The van der Waals surface area contributed by atoms with Crippen molar-refractivity contribution in [2.24, 2.45) is 0 Å². The third-order valence-electron chi connectivity index (χ3n) is 3.63. The summed E-state index contributed by atoms with van der Waals surface area (Å²) in [5, 5.41) is -0.209. The minimum Gasteiger partial charge on any atom is -0.398 e. The topological polar surface area (TPSA) is 46.3 Å². The summed E-state index contributed by atoms with van der Waals surface area (Å²) in [5.74, 6) is 0.0357. The second-order valence-electron chi connectivity index (χ2n) is 4.94. The average molecular weight is 302 g/mol. The normalized spacial score (nSPS) is 18.3. The number of amides is 1. The Morgan fingerprint density at radius 3 is 2.76 bits per heavy atom. The number of hydrogen-bond donors (Lipinski definition) is 1. The molecular weight excluding hydrogens is 287 g/mol. The molecule has 0 aromatic heterocycles. The summed E-state index contributed by atoms with van der Waals surface area (Å²) in [6, 6.07) is 12.3. The molecule has 1 aliphatic rings. The van der Waals surface area contributed by atoms with Crippen LogP contribution in [0.1, 0.15) is 16.5 Å².